The lowest BCUT2D eigenvalue weighted by atomic mass is 9.41. The van der Waals surface area contributed by atoms with Gasteiger partial charge in [0.2, 0.25) is 0 Å². The monoisotopic (exact) mass is 508 g/mol. The SMILES string of the molecule is C[C@H](CC=C(c1ccccc1)c1ccccc1)[C@H]1C[C@H]2[C@@H]3CC[C@@H]4C[C@H]5CC[C@]4(C)[C@@]3(O5)C(=O)C[C@]2(C)C1. The van der Waals surface area contributed by atoms with Gasteiger partial charge >= 0.3 is 0 Å². The van der Waals surface area contributed by atoms with E-state index in [4.69, 9.17) is 4.74 Å². The van der Waals surface area contributed by atoms with Crippen LogP contribution in [0.4, 0.5) is 0 Å². The number of Topliss-reactive ketones (excluding diaryl/α,β-unsaturated/α-hetero) is 1. The highest BCUT2D eigenvalue weighted by molar-refractivity contribution is 5.91. The van der Waals surface area contributed by atoms with Crippen LogP contribution in [0.2, 0.25) is 0 Å². The van der Waals surface area contributed by atoms with Crippen molar-refractivity contribution in [3.63, 3.8) is 0 Å². The van der Waals surface area contributed by atoms with Gasteiger partial charge in [0, 0.05) is 11.8 Å². The van der Waals surface area contributed by atoms with Gasteiger partial charge in [-0.3, -0.25) is 4.79 Å². The molecule has 2 aromatic carbocycles. The Labute approximate surface area is 229 Å². The number of carbonyl (C=O) groups excluding carboxylic acids is 1. The molecule has 4 aliphatic carbocycles. The van der Waals surface area contributed by atoms with E-state index in [2.05, 4.69) is 87.5 Å². The van der Waals surface area contributed by atoms with E-state index >= 15 is 0 Å². The zero-order valence-electron chi connectivity index (χ0n) is 23.5. The minimum atomic E-state index is -0.479. The number of ketones is 1. The van der Waals surface area contributed by atoms with Crippen molar-refractivity contribution in [1.82, 2.24) is 0 Å². The maximum atomic E-state index is 14.2. The van der Waals surface area contributed by atoms with Crippen LogP contribution in [0, 0.1) is 40.4 Å². The van der Waals surface area contributed by atoms with Crippen LogP contribution in [0.3, 0.4) is 0 Å². The Hall–Kier alpha value is -2.19. The number of fused-ring (bicyclic) bond motifs is 3. The number of allylic oxidation sites excluding steroid dienone is 1. The average Bonchev–Trinajstić information content (AvgIpc) is 3.27. The van der Waals surface area contributed by atoms with E-state index in [0.29, 0.717) is 41.5 Å². The van der Waals surface area contributed by atoms with Gasteiger partial charge in [0.1, 0.15) is 5.60 Å². The second kappa shape index (κ2) is 8.91. The minimum Gasteiger partial charge on any atom is -0.363 e. The summed E-state index contributed by atoms with van der Waals surface area (Å²) in [5.41, 5.74) is 3.65. The minimum absolute atomic E-state index is 0.0653. The molecule has 2 heteroatoms. The van der Waals surface area contributed by atoms with Crippen LogP contribution in [0.15, 0.2) is 66.7 Å². The van der Waals surface area contributed by atoms with Gasteiger partial charge in [-0.05, 0) is 103 Å². The Kier molecular flexibility index (Phi) is 5.82. The van der Waals surface area contributed by atoms with Crippen LogP contribution >= 0.6 is 0 Å². The molecule has 38 heavy (non-hydrogen) atoms. The molecular formula is C36H44O2. The first-order valence-corrected chi connectivity index (χ1v) is 15.4. The molecule has 4 bridgehead atoms. The molecule has 6 aliphatic rings. The van der Waals surface area contributed by atoms with E-state index in [-0.39, 0.29) is 10.8 Å². The molecule has 1 spiro atoms. The first-order valence-electron chi connectivity index (χ1n) is 15.4. The number of hydrogen-bond acceptors (Lipinski definition) is 2. The highest BCUT2D eigenvalue weighted by Crippen LogP contribution is 2.72. The van der Waals surface area contributed by atoms with E-state index in [1.807, 2.05) is 0 Å². The number of benzene rings is 2. The van der Waals surface area contributed by atoms with E-state index in [9.17, 15) is 4.79 Å². The highest BCUT2D eigenvalue weighted by Gasteiger charge is 2.74. The zero-order chi connectivity index (χ0) is 26.1. The maximum absolute atomic E-state index is 14.2. The van der Waals surface area contributed by atoms with Crippen molar-refractivity contribution >= 4 is 11.4 Å². The molecule has 2 saturated heterocycles. The summed E-state index contributed by atoms with van der Waals surface area (Å²) in [4.78, 5) is 14.2. The maximum Gasteiger partial charge on any atom is 0.166 e. The lowest BCUT2D eigenvalue weighted by Crippen LogP contribution is -2.74. The molecular weight excluding hydrogens is 464 g/mol. The van der Waals surface area contributed by atoms with Crippen molar-refractivity contribution in [1.29, 1.82) is 0 Å². The van der Waals surface area contributed by atoms with Crippen molar-refractivity contribution in [2.24, 2.45) is 40.4 Å². The first kappa shape index (κ1) is 24.8. The van der Waals surface area contributed by atoms with Crippen LogP contribution in [0.1, 0.15) is 89.7 Å². The summed E-state index contributed by atoms with van der Waals surface area (Å²) in [6.45, 7) is 7.36. The van der Waals surface area contributed by atoms with Gasteiger partial charge in [0.15, 0.2) is 5.78 Å². The summed E-state index contributed by atoms with van der Waals surface area (Å²) >= 11 is 0. The first-order chi connectivity index (χ1) is 18.3. The van der Waals surface area contributed by atoms with Crippen LogP contribution in [-0.2, 0) is 9.53 Å². The summed E-state index contributed by atoms with van der Waals surface area (Å²) in [5, 5.41) is 0. The van der Waals surface area contributed by atoms with Gasteiger partial charge < -0.3 is 4.74 Å². The largest absolute Gasteiger partial charge is 0.363 e. The fraction of sp³-hybridized carbons (Fsp3) is 0.583. The summed E-state index contributed by atoms with van der Waals surface area (Å²) < 4.78 is 6.93. The predicted octanol–water partition coefficient (Wildman–Crippen LogP) is 8.50. The van der Waals surface area contributed by atoms with E-state index in [1.165, 1.54) is 55.2 Å². The number of hydrogen-bond donors (Lipinski definition) is 0. The molecule has 2 nitrogen and oxygen atoms in total. The van der Waals surface area contributed by atoms with Crippen LogP contribution in [0.25, 0.3) is 5.57 Å². The molecule has 0 amide bonds. The van der Waals surface area contributed by atoms with Crippen molar-refractivity contribution < 1.29 is 9.53 Å². The Morgan fingerprint density at radius 1 is 0.947 bits per heavy atom. The molecule has 0 radical (unpaired) electrons. The predicted molar refractivity (Wildman–Crippen MR) is 153 cm³/mol. The molecule has 200 valence electrons. The van der Waals surface area contributed by atoms with Gasteiger partial charge in [0.25, 0.3) is 0 Å². The van der Waals surface area contributed by atoms with E-state index in [1.54, 1.807) is 0 Å². The number of rotatable bonds is 5. The standard InChI is InChI=1S/C36H44O2/c1-24(14-16-30(25-10-6-4-7-11-25)26-12-8-5-9-13-26)27-20-32-31-17-15-28-21-29-18-19-35(28,3)36(31,38-29)33(37)23-34(32,2)22-27/h4-13,16,24,27-29,31-32H,14-15,17-23H2,1-3H3/t24-,27+,28-,29-,31+,32+,34+,35+,36+/m1/s1. The molecule has 0 unspecified atom stereocenters. The van der Waals surface area contributed by atoms with Gasteiger partial charge in [-0.15, -0.1) is 0 Å². The molecule has 2 heterocycles. The van der Waals surface area contributed by atoms with E-state index < -0.39 is 5.60 Å². The molecule has 8 rings (SSSR count). The molecule has 0 aromatic heterocycles. The third-order valence-electron chi connectivity index (χ3n) is 12.3. The van der Waals surface area contributed by atoms with Crippen molar-refractivity contribution in [3.8, 4) is 0 Å². The van der Waals surface area contributed by atoms with Crippen molar-refractivity contribution in [2.45, 2.75) is 90.3 Å². The van der Waals surface area contributed by atoms with Gasteiger partial charge in [-0.1, -0.05) is 87.5 Å². The lowest BCUT2D eigenvalue weighted by molar-refractivity contribution is -0.306. The Bertz CT molecular complexity index is 1190. The summed E-state index contributed by atoms with van der Waals surface area (Å²) in [6.07, 6.45) is 13.2. The second-order valence-electron chi connectivity index (χ2n) is 14.2. The van der Waals surface area contributed by atoms with Crippen LogP contribution in [0.5, 0.6) is 0 Å². The highest BCUT2D eigenvalue weighted by atomic mass is 16.5. The third-order valence-corrected chi connectivity index (χ3v) is 12.3. The topological polar surface area (TPSA) is 26.3 Å². The van der Waals surface area contributed by atoms with Crippen molar-refractivity contribution in [3.05, 3.63) is 77.9 Å². The quantitative estimate of drug-likeness (QED) is 0.405. The number of carbonyl (C=O) groups is 1. The molecule has 9 atom stereocenters. The molecule has 2 aliphatic heterocycles. The normalized spacial score (nSPS) is 41.8. The fourth-order valence-electron chi connectivity index (χ4n) is 10.3. The zero-order valence-corrected chi connectivity index (χ0v) is 23.5. The summed E-state index contributed by atoms with van der Waals surface area (Å²) in [5.74, 6) is 3.48. The van der Waals surface area contributed by atoms with Gasteiger partial charge in [-0.2, -0.15) is 0 Å². The fourth-order valence-corrected chi connectivity index (χ4v) is 10.3. The summed E-state index contributed by atoms with van der Waals surface area (Å²) in [6, 6.07) is 21.7. The molecule has 0 N–H and O–H groups in total. The number of ether oxygens (including phenoxy) is 1. The van der Waals surface area contributed by atoms with Crippen LogP contribution < -0.4 is 0 Å². The average molecular weight is 509 g/mol. The smallest absolute Gasteiger partial charge is 0.166 e. The Balaban J connectivity index is 1.15. The van der Waals surface area contributed by atoms with Crippen LogP contribution in [-0.4, -0.2) is 17.5 Å². The van der Waals surface area contributed by atoms with Gasteiger partial charge in [-0.25, -0.2) is 0 Å². The Morgan fingerprint density at radius 2 is 1.63 bits per heavy atom. The Morgan fingerprint density at radius 3 is 2.32 bits per heavy atom. The summed E-state index contributed by atoms with van der Waals surface area (Å²) in [7, 11) is 0. The van der Waals surface area contributed by atoms with Gasteiger partial charge in [0.05, 0.1) is 6.10 Å². The van der Waals surface area contributed by atoms with Crippen molar-refractivity contribution in [2.75, 3.05) is 0 Å². The second-order valence-corrected chi connectivity index (χ2v) is 14.2. The third kappa shape index (κ3) is 3.51. The molecule has 4 saturated carbocycles. The lowest BCUT2D eigenvalue weighted by Gasteiger charge is -2.70. The van der Waals surface area contributed by atoms with E-state index in [0.717, 1.165) is 19.3 Å². The molecule has 6 fully saturated rings. The molecule has 2 aromatic rings.